The van der Waals surface area contributed by atoms with Crippen molar-refractivity contribution in [2.75, 3.05) is 7.05 Å². The Hall–Kier alpha value is -1.27. The molecule has 1 unspecified atom stereocenters. The average Bonchev–Trinajstić information content (AvgIpc) is 3.05. The van der Waals surface area contributed by atoms with Crippen LogP contribution in [0.5, 0.6) is 0 Å². The zero-order chi connectivity index (χ0) is 14.5. The number of likely N-dealkylation sites (N-methyl/N-ethyl adjacent to an activating group) is 1. The summed E-state index contributed by atoms with van der Waals surface area (Å²) in [6.45, 7) is 7.52. The molecule has 0 fully saturated rings. The molecule has 0 aliphatic rings. The van der Waals surface area contributed by atoms with E-state index in [1.54, 1.807) is 0 Å². The minimum atomic E-state index is 0.227. The molecule has 5 nitrogen and oxygen atoms in total. The topological polar surface area (TPSA) is 55.6 Å². The van der Waals surface area contributed by atoms with Crippen molar-refractivity contribution in [3.05, 3.63) is 28.8 Å². The predicted molar refractivity (Wildman–Crippen MR) is 82.0 cm³/mol. The minimum Gasteiger partial charge on any atom is -0.335 e. The first-order valence-electron chi connectivity index (χ1n) is 7.16. The number of aromatic nitrogens is 4. The molecular weight excluding hydrogens is 270 g/mol. The van der Waals surface area contributed by atoms with Gasteiger partial charge in [0.05, 0.1) is 16.6 Å². The molecule has 0 bridgehead atoms. The maximum absolute atomic E-state index is 4.49. The van der Waals surface area contributed by atoms with Crippen molar-refractivity contribution in [1.29, 1.82) is 0 Å². The first-order chi connectivity index (χ1) is 9.67. The quantitative estimate of drug-likeness (QED) is 0.853. The second-order valence-electron chi connectivity index (χ2n) is 5.26. The predicted octanol–water partition coefficient (Wildman–Crippen LogP) is 2.77. The normalized spacial score (nSPS) is 13.1. The summed E-state index contributed by atoms with van der Waals surface area (Å²) in [4.78, 5) is 5.72. The smallest absolute Gasteiger partial charge is 0.110 e. The molecule has 2 heterocycles. The summed E-state index contributed by atoms with van der Waals surface area (Å²) < 4.78 is 6.35. The van der Waals surface area contributed by atoms with Crippen molar-refractivity contribution in [3.63, 3.8) is 0 Å². The van der Waals surface area contributed by atoms with Crippen molar-refractivity contribution in [2.24, 2.45) is 0 Å². The first kappa shape index (κ1) is 15.1. The van der Waals surface area contributed by atoms with Gasteiger partial charge in [-0.1, -0.05) is 25.3 Å². The van der Waals surface area contributed by atoms with Crippen molar-refractivity contribution >= 4 is 11.5 Å². The zero-order valence-corrected chi connectivity index (χ0v) is 13.4. The van der Waals surface area contributed by atoms with E-state index in [0.717, 1.165) is 30.9 Å². The Kier molecular flexibility index (Phi) is 5.25. The highest BCUT2D eigenvalue weighted by Crippen LogP contribution is 2.28. The van der Waals surface area contributed by atoms with E-state index in [2.05, 4.69) is 51.4 Å². The summed E-state index contributed by atoms with van der Waals surface area (Å²) in [5.74, 6) is 1.52. The van der Waals surface area contributed by atoms with Crippen molar-refractivity contribution < 1.29 is 0 Å². The monoisotopic (exact) mass is 293 g/mol. The Bertz CT molecular complexity index is 531. The van der Waals surface area contributed by atoms with Gasteiger partial charge in [0.2, 0.25) is 0 Å². The van der Waals surface area contributed by atoms with Crippen molar-refractivity contribution in [3.8, 4) is 0 Å². The summed E-state index contributed by atoms with van der Waals surface area (Å²) in [6.07, 6.45) is 5.92. The molecule has 2 aromatic heterocycles. The van der Waals surface area contributed by atoms with Gasteiger partial charge in [-0.2, -0.15) is 0 Å². The third-order valence-electron chi connectivity index (χ3n) is 3.40. The van der Waals surface area contributed by atoms with Crippen LogP contribution in [0.15, 0.2) is 12.4 Å². The van der Waals surface area contributed by atoms with Gasteiger partial charge in [-0.05, 0) is 30.9 Å². The van der Waals surface area contributed by atoms with Crippen molar-refractivity contribution in [1.82, 2.24) is 24.5 Å². The van der Waals surface area contributed by atoms with Gasteiger partial charge in [0.25, 0.3) is 0 Å². The van der Waals surface area contributed by atoms with Crippen LogP contribution in [0.4, 0.5) is 0 Å². The SMILES string of the molecule is CCCn1ccnc1CC(NC)c1snnc1C(C)C. The maximum atomic E-state index is 4.49. The zero-order valence-electron chi connectivity index (χ0n) is 12.6. The molecule has 0 amide bonds. The third kappa shape index (κ3) is 3.24. The molecule has 0 aliphatic heterocycles. The van der Waals surface area contributed by atoms with Crippen LogP contribution in [0.2, 0.25) is 0 Å². The van der Waals surface area contributed by atoms with Gasteiger partial charge in [0.1, 0.15) is 5.82 Å². The van der Waals surface area contributed by atoms with Gasteiger partial charge in [-0.3, -0.25) is 0 Å². The minimum absolute atomic E-state index is 0.227. The van der Waals surface area contributed by atoms with Crippen LogP contribution < -0.4 is 5.32 Å². The molecule has 1 N–H and O–H groups in total. The molecule has 2 rings (SSSR count). The molecule has 1 atom stereocenters. The second kappa shape index (κ2) is 6.95. The van der Waals surface area contributed by atoms with Crippen LogP contribution in [-0.4, -0.2) is 26.2 Å². The largest absolute Gasteiger partial charge is 0.335 e. The highest BCUT2D eigenvalue weighted by atomic mass is 32.1. The molecule has 0 saturated heterocycles. The second-order valence-corrected chi connectivity index (χ2v) is 6.05. The highest BCUT2D eigenvalue weighted by molar-refractivity contribution is 7.05. The number of imidazole rings is 1. The Morgan fingerprint density at radius 1 is 1.40 bits per heavy atom. The molecule has 0 spiro atoms. The van der Waals surface area contributed by atoms with Gasteiger partial charge < -0.3 is 9.88 Å². The van der Waals surface area contributed by atoms with E-state index < -0.39 is 0 Å². The van der Waals surface area contributed by atoms with Crippen LogP contribution in [0.25, 0.3) is 0 Å². The summed E-state index contributed by atoms with van der Waals surface area (Å²) in [5.41, 5.74) is 1.10. The molecule has 110 valence electrons. The molecule has 20 heavy (non-hydrogen) atoms. The molecular formula is C14H23N5S. The van der Waals surface area contributed by atoms with E-state index in [0.29, 0.717) is 5.92 Å². The van der Waals surface area contributed by atoms with E-state index in [1.165, 1.54) is 16.4 Å². The Balaban J connectivity index is 2.20. The van der Waals surface area contributed by atoms with Gasteiger partial charge in [0, 0.05) is 25.4 Å². The Morgan fingerprint density at radius 3 is 2.85 bits per heavy atom. The number of hydrogen-bond donors (Lipinski definition) is 1. The molecule has 6 heteroatoms. The summed E-state index contributed by atoms with van der Waals surface area (Å²) in [6, 6.07) is 0.227. The summed E-state index contributed by atoms with van der Waals surface area (Å²) in [5, 5.41) is 7.66. The van der Waals surface area contributed by atoms with Crippen LogP contribution in [0, 0.1) is 0 Å². The molecule has 0 saturated carbocycles. The van der Waals surface area contributed by atoms with Crippen LogP contribution in [-0.2, 0) is 13.0 Å². The lowest BCUT2D eigenvalue weighted by molar-refractivity contribution is 0.543. The van der Waals surface area contributed by atoms with Gasteiger partial charge in [-0.15, -0.1) is 5.10 Å². The van der Waals surface area contributed by atoms with Crippen LogP contribution in [0.3, 0.4) is 0 Å². The number of nitrogens with zero attached hydrogens (tertiary/aromatic N) is 4. The van der Waals surface area contributed by atoms with E-state index in [1.807, 2.05) is 13.2 Å². The standard InChI is InChI=1S/C14H23N5S/c1-5-7-19-8-6-16-12(19)9-11(15-4)14-13(10(2)3)17-18-20-14/h6,8,10-11,15H,5,7,9H2,1-4H3. The van der Waals surface area contributed by atoms with Crippen LogP contribution >= 0.6 is 11.5 Å². The lowest BCUT2D eigenvalue weighted by Gasteiger charge is -2.17. The number of rotatable bonds is 7. The van der Waals surface area contributed by atoms with E-state index in [-0.39, 0.29) is 6.04 Å². The van der Waals surface area contributed by atoms with Gasteiger partial charge in [-0.25, -0.2) is 4.98 Å². The number of nitrogens with one attached hydrogen (secondary N) is 1. The summed E-state index contributed by atoms with van der Waals surface area (Å²) in [7, 11) is 1.99. The van der Waals surface area contributed by atoms with Gasteiger partial charge in [0.15, 0.2) is 0 Å². The van der Waals surface area contributed by atoms with E-state index in [9.17, 15) is 0 Å². The van der Waals surface area contributed by atoms with E-state index in [4.69, 9.17) is 0 Å². The highest BCUT2D eigenvalue weighted by Gasteiger charge is 2.21. The molecule has 0 aromatic carbocycles. The Labute approximate surface area is 124 Å². The lowest BCUT2D eigenvalue weighted by atomic mass is 10.0. The van der Waals surface area contributed by atoms with Gasteiger partial charge >= 0.3 is 0 Å². The fourth-order valence-corrected chi connectivity index (χ4v) is 3.24. The number of aryl methyl sites for hydroxylation is 1. The number of hydrogen-bond acceptors (Lipinski definition) is 5. The van der Waals surface area contributed by atoms with Crippen LogP contribution in [0.1, 0.15) is 55.5 Å². The third-order valence-corrected chi connectivity index (χ3v) is 4.26. The molecule has 0 radical (unpaired) electrons. The Morgan fingerprint density at radius 2 is 2.20 bits per heavy atom. The average molecular weight is 293 g/mol. The fraction of sp³-hybridized carbons (Fsp3) is 0.643. The fourth-order valence-electron chi connectivity index (χ4n) is 2.33. The molecule has 0 aliphatic carbocycles. The van der Waals surface area contributed by atoms with Crippen molar-refractivity contribution in [2.45, 2.75) is 52.1 Å². The van der Waals surface area contributed by atoms with E-state index >= 15 is 0 Å². The maximum Gasteiger partial charge on any atom is 0.110 e. The lowest BCUT2D eigenvalue weighted by Crippen LogP contribution is -2.21. The first-order valence-corrected chi connectivity index (χ1v) is 7.94. The summed E-state index contributed by atoms with van der Waals surface area (Å²) >= 11 is 1.49. The molecule has 2 aromatic rings.